The van der Waals surface area contributed by atoms with E-state index < -0.39 is 6.04 Å². The molecule has 2 amide bonds. The van der Waals surface area contributed by atoms with Crippen LogP contribution in [-0.4, -0.2) is 29.9 Å². The van der Waals surface area contributed by atoms with Gasteiger partial charge < -0.3 is 19.4 Å². The third-order valence-electron chi connectivity index (χ3n) is 6.23. The molecule has 7 heteroatoms. The molecule has 0 unspecified atom stereocenters. The normalized spacial score (nSPS) is 14.9. The molecule has 3 aromatic rings. The Balaban J connectivity index is 1.74. The molecule has 178 valence electrons. The largest absolute Gasteiger partial charge is 0.497 e. The Morgan fingerprint density at radius 2 is 1.79 bits per heavy atom. The number of hydrogen-bond acceptors (Lipinski definition) is 4. The fourth-order valence-electron chi connectivity index (χ4n) is 4.42. The zero-order valence-corrected chi connectivity index (χ0v) is 20.0. The Hall–Kier alpha value is -3.25. The van der Waals surface area contributed by atoms with Crippen LogP contribution < -0.4 is 10.1 Å². The molecule has 0 aliphatic heterocycles. The van der Waals surface area contributed by atoms with Crippen LogP contribution in [0, 0.1) is 0 Å². The topological polar surface area (TPSA) is 71.8 Å². The van der Waals surface area contributed by atoms with Gasteiger partial charge in [0.1, 0.15) is 11.8 Å². The van der Waals surface area contributed by atoms with E-state index in [2.05, 4.69) is 5.32 Å². The van der Waals surface area contributed by atoms with Gasteiger partial charge in [-0.1, -0.05) is 61.2 Å². The number of methoxy groups -OCH3 is 1. The molecular weight excluding hydrogens is 452 g/mol. The van der Waals surface area contributed by atoms with E-state index in [1.165, 1.54) is 17.6 Å². The molecule has 0 bridgehead atoms. The van der Waals surface area contributed by atoms with E-state index in [9.17, 15) is 9.59 Å². The third kappa shape index (κ3) is 5.62. The van der Waals surface area contributed by atoms with Crippen molar-refractivity contribution in [3.05, 3.63) is 88.8 Å². The van der Waals surface area contributed by atoms with Crippen LogP contribution in [0.25, 0.3) is 0 Å². The molecule has 1 aliphatic carbocycles. The Morgan fingerprint density at radius 1 is 1.06 bits per heavy atom. The molecule has 0 saturated heterocycles. The number of amides is 2. The second kappa shape index (κ2) is 11.3. The first kappa shape index (κ1) is 23.9. The molecule has 1 heterocycles. The van der Waals surface area contributed by atoms with Gasteiger partial charge in [-0.25, -0.2) is 0 Å². The van der Waals surface area contributed by atoms with Crippen molar-refractivity contribution in [1.29, 1.82) is 0 Å². The molecular formula is C27H29ClN2O4. The molecule has 2 aromatic carbocycles. The van der Waals surface area contributed by atoms with Gasteiger partial charge >= 0.3 is 0 Å². The number of halogens is 1. The molecule has 1 aliphatic rings. The Labute approximate surface area is 204 Å². The monoisotopic (exact) mass is 480 g/mol. The number of carbonyl (C=O) groups is 2. The van der Waals surface area contributed by atoms with Crippen molar-refractivity contribution < 1.29 is 18.7 Å². The van der Waals surface area contributed by atoms with Crippen molar-refractivity contribution in [2.45, 2.75) is 50.7 Å². The van der Waals surface area contributed by atoms with Crippen molar-refractivity contribution in [2.75, 3.05) is 7.11 Å². The third-order valence-corrected chi connectivity index (χ3v) is 6.60. The molecule has 4 rings (SSSR count). The van der Waals surface area contributed by atoms with E-state index in [4.69, 9.17) is 20.8 Å². The van der Waals surface area contributed by atoms with Crippen molar-refractivity contribution in [2.24, 2.45) is 0 Å². The van der Waals surface area contributed by atoms with E-state index >= 15 is 0 Å². The van der Waals surface area contributed by atoms with E-state index in [1.807, 2.05) is 30.3 Å². The molecule has 1 N–H and O–H groups in total. The van der Waals surface area contributed by atoms with Gasteiger partial charge in [0.2, 0.25) is 5.91 Å². The number of carbonyl (C=O) groups excluding carboxylic acids is 2. The zero-order chi connectivity index (χ0) is 23.9. The molecule has 1 atom stereocenters. The van der Waals surface area contributed by atoms with Crippen LogP contribution in [0.3, 0.4) is 0 Å². The Kier molecular flexibility index (Phi) is 7.91. The first-order valence-electron chi connectivity index (χ1n) is 11.6. The number of hydrogen-bond donors (Lipinski definition) is 1. The van der Waals surface area contributed by atoms with Crippen LogP contribution in [0.4, 0.5) is 0 Å². The molecule has 0 radical (unpaired) electrons. The van der Waals surface area contributed by atoms with Crippen LogP contribution in [0.1, 0.15) is 59.8 Å². The maximum absolute atomic E-state index is 13.8. The number of nitrogens with one attached hydrogen (secondary N) is 1. The van der Waals surface area contributed by atoms with Gasteiger partial charge in [0.05, 0.1) is 13.4 Å². The summed E-state index contributed by atoms with van der Waals surface area (Å²) in [6.45, 7) is 0.147. The highest BCUT2D eigenvalue weighted by Gasteiger charge is 2.34. The van der Waals surface area contributed by atoms with Gasteiger partial charge in [-0.3, -0.25) is 9.59 Å². The second-order valence-corrected chi connectivity index (χ2v) is 8.93. The summed E-state index contributed by atoms with van der Waals surface area (Å²) in [7, 11) is 1.59. The predicted molar refractivity (Wildman–Crippen MR) is 131 cm³/mol. The number of benzene rings is 2. The lowest BCUT2D eigenvalue weighted by molar-refractivity contribution is -0.127. The fraction of sp³-hybridized carbons (Fsp3) is 0.333. The number of ether oxygens (including phenoxy) is 1. The van der Waals surface area contributed by atoms with Gasteiger partial charge in [0.25, 0.3) is 5.91 Å². The maximum Gasteiger partial charge on any atom is 0.290 e. The number of furan rings is 1. The lowest BCUT2D eigenvalue weighted by Crippen LogP contribution is -2.46. The lowest BCUT2D eigenvalue weighted by Gasteiger charge is -2.33. The smallest absolute Gasteiger partial charge is 0.290 e. The van der Waals surface area contributed by atoms with Crippen molar-refractivity contribution >= 4 is 23.4 Å². The zero-order valence-electron chi connectivity index (χ0n) is 19.2. The van der Waals surface area contributed by atoms with Crippen LogP contribution >= 0.6 is 11.6 Å². The minimum atomic E-state index is -0.873. The van der Waals surface area contributed by atoms with Crippen LogP contribution in [0.15, 0.2) is 71.3 Å². The summed E-state index contributed by atoms with van der Waals surface area (Å²) in [4.78, 5) is 28.9. The van der Waals surface area contributed by atoms with Gasteiger partial charge in [-0.05, 0) is 54.3 Å². The highest BCUT2D eigenvalue weighted by molar-refractivity contribution is 6.31. The second-order valence-electron chi connectivity index (χ2n) is 8.52. The van der Waals surface area contributed by atoms with E-state index in [0.717, 1.165) is 31.2 Å². The standard InChI is InChI=1S/C27H29ClN2O4/c1-33-22-15-13-19(14-16-22)25(26(31)29-21-9-3-2-4-10-21)30(27(32)24-12-7-17-34-24)18-20-8-5-6-11-23(20)28/h5-8,11-17,21,25H,2-4,9-10,18H2,1H3,(H,29,31)/t25-/m1/s1. The first-order chi connectivity index (χ1) is 16.6. The number of rotatable bonds is 8. The summed E-state index contributed by atoms with van der Waals surface area (Å²) >= 11 is 6.44. The quantitative estimate of drug-likeness (QED) is 0.444. The Bertz CT molecular complexity index is 1090. The van der Waals surface area contributed by atoms with Crippen LogP contribution in [0.2, 0.25) is 5.02 Å². The summed E-state index contributed by atoms with van der Waals surface area (Å²) in [5.41, 5.74) is 1.43. The van der Waals surface area contributed by atoms with Crippen molar-refractivity contribution in [3.8, 4) is 5.75 Å². The van der Waals surface area contributed by atoms with Gasteiger partial charge in [-0.15, -0.1) is 0 Å². The van der Waals surface area contributed by atoms with E-state index in [-0.39, 0.29) is 30.2 Å². The summed E-state index contributed by atoms with van der Waals surface area (Å²) in [6, 6.07) is 17.0. The Morgan fingerprint density at radius 3 is 2.44 bits per heavy atom. The SMILES string of the molecule is COc1ccc([C@H](C(=O)NC2CCCCC2)N(Cc2ccccc2Cl)C(=O)c2ccco2)cc1. The fourth-order valence-corrected chi connectivity index (χ4v) is 4.61. The molecule has 6 nitrogen and oxygen atoms in total. The predicted octanol–water partition coefficient (Wildman–Crippen LogP) is 5.77. The molecule has 0 spiro atoms. The minimum Gasteiger partial charge on any atom is -0.497 e. The van der Waals surface area contributed by atoms with Gasteiger partial charge in [-0.2, -0.15) is 0 Å². The highest BCUT2D eigenvalue weighted by Crippen LogP contribution is 2.30. The van der Waals surface area contributed by atoms with Gasteiger partial charge in [0, 0.05) is 17.6 Å². The van der Waals surface area contributed by atoms with Crippen molar-refractivity contribution in [1.82, 2.24) is 10.2 Å². The average molecular weight is 481 g/mol. The molecule has 1 saturated carbocycles. The average Bonchev–Trinajstić information content (AvgIpc) is 3.40. The first-order valence-corrected chi connectivity index (χ1v) is 12.0. The lowest BCUT2D eigenvalue weighted by atomic mass is 9.94. The van der Waals surface area contributed by atoms with E-state index in [1.54, 1.807) is 37.4 Å². The van der Waals surface area contributed by atoms with Crippen molar-refractivity contribution in [3.63, 3.8) is 0 Å². The van der Waals surface area contributed by atoms with Gasteiger partial charge in [0.15, 0.2) is 5.76 Å². The number of nitrogens with zero attached hydrogens (tertiary/aromatic N) is 1. The molecule has 1 aromatic heterocycles. The van der Waals surface area contributed by atoms with Crippen LogP contribution in [0.5, 0.6) is 5.75 Å². The summed E-state index contributed by atoms with van der Waals surface area (Å²) in [6.07, 6.45) is 6.70. The summed E-state index contributed by atoms with van der Waals surface area (Å²) < 4.78 is 10.7. The molecule has 34 heavy (non-hydrogen) atoms. The minimum absolute atomic E-state index is 0.0999. The maximum atomic E-state index is 13.8. The van der Waals surface area contributed by atoms with Crippen LogP contribution in [-0.2, 0) is 11.3 Å². The summed E-state index contributed by atoms with van der Waals surface area (Å²) in [5.74, 6) is 0.231. The van der Waals surface area contributed by atoms with E-state index in [0.29, 0.717) is 16.3 Å². The summed E-state index contributed by atoms with van der Waals surface area (Å²) in [5, 5.41) is 3.73. The molecule has 1 fully saturated rings. The highest BCUT2D eigenvalue weighted by atomic mass is 35.5.